The van der Waals surface area contributed by atoms with E-state index in [-0.39, 0.29) is 24.5 Å². The molecular weight excluding hydrogens is 270 g/mol. The number of hydrogen-bond acceptors (Lipinski definition) is 3. The maximum Gasteiger partial charge on any atom is 0.407 e. The van der Waals surface area contributed by atoms with E-state index < -0.39 is 11.5 Å². The maximum atomic E-state index is 13.0. The van der Waals surface area contributed by atoms with Crippen LogP contribution in [0.25, 0.3) is 0 Å². The molecule has 0 aromatic carbocycles. The first kappa shape index (κ1) is 13.9. The molecule has 1 aromatic rings. The normalized spacial score (nSPS) is 19.7. The second kappa shape index (κ2) is 3.96. The number of fused-ring (bicyclic) bond motifs is 2. The van der Waals surface area contributed by atoms with Crippen LogP contribution in [-0.4, -0.2) is 45.6 Å². The molecule has 0 radical (unpaired) electrons. The van der Waals surface area contributed by atoms with Gasteiger partial charge in [-0.05, 0) is 39.8 Å². The Morgan fingerprint density at radius 2 is 1.95 bits per heavy atom. The van der Waals surface area contributed by atoms with Crippen molar-refractivity contribution in [1.82, 2.24) is 9.88 Å². The molecule has 6 heteroatoms. The average molecular weight is 289 g/mol. The third-order valence-corrected chi connectivity index (χ3v) is 4.18. The zero-order chi connectivity index (χ0) is 15.6. The fourth-order valence-electron chi connectivity index (χ4n) is 3.20. The monoisotopic (exact) mass is 289 g/mol. The number of hydrogen-bond donors (Lipinski definition) is 1. The van der Waals surface area contributed by atoms with Gasteiger partial charge < -0.3 is 14.9 Å². The Kier molecular flexibility index (Phi) is 2.61. The molecule has 1 saturated heterocycles. The summed E-state index contributed by atoms with van der Waals surface area (Å²) in [6.07, 6.45) is -0.989. The van der Waals surface area contributed by atoms with Crippen molar-refractivity contribution in [3.05, 3.63) is 23.5 Å². The van der Waals surface area contributed by atoms with Gasteiger partial charge in [0, 0.05) is 24.3 Å². The quantitative estimate of drug-likeness (QED) is 0.790. The molecular formula is C15H19N3O3. The minimum absolute atomic E-state index is 0.0411. The van der Waals surface area contributed by atoms with Crippen LogP contribution < -0.4 is 4.90 Å². The number of carboxylic acid groups (broad SMARTS) is 1. The molecule has 0 saturated carbocycles. The van der Waals surface area contributed by atoms with Crippen molar-refractivity contribution in [2.24, 2.45) is 0 Å². The van der Waals surface area contributed by atoms with E-state index in [4.69, 9.17) is 5.11 Å². The third-order valence-electron chi connectivity index (χ3n) is 4.18. The van der Waals surface area contributed by atoms with Gasteiger partial charge in [-0.2, -0.15) is 0 Å². The zero-order valence-corrected chi connectivity index (χ0v) is 12.7. The van der Waals surface area contributed by atoms with Crippen molar-refractivity contribution >= 4 is 17.7 Å². The number of carbonyl (C=O) groups is 2. The van der Waals surface area contributed by atoms with Gasteiger partial charge in [0.2, 0.25) is 5.91 Å². The molecule has 1 fully saturated rings. The Labute approximate surface area is 123 Å². The summed E-state index contributed by atoms with van der Waals surface area (Å²) in [5, 5.41) is 9.07. The number of carbonyl (C=O) groups excluding carboxylic acids is 1. The molecule has 21 heavy (non-hydrogen) atoms. The molecule has 1 N–H and O–H groups in total. The van der Waals surface area contributed by atoms with Gasteiger partial charge >= 0.3 is 6.09 Å². The molecule has 0 aliphatic carbocycles. The van der Waals surface area contributed by atoms with Crippen molar-refractivity contribution in [2.75, 3.05) is 18.0 Å². The highest BCUT2D eigenvalue weighted by Crippen LogP contribution is 2.48. The van der Waals surface area contributed by atoms with Crippen molar-refractivity contribution in [3.8, 4) is 0 Å². The van der Waals surface area contributed by atoms with E-state index in [1.54, 1.807) is 4.90 Å². The Bertz CT molecular complexity index is 642. The van der Waals surface area contributed by atoms with E-state index in [2.05, 4.69) is 4.98 Å². The lowest BCUT2D eigenvalue weighted by molar-refractivity contribution is -0.129. The van der Waals surface area contributed by atoms with E-state index in [1.165, 1.54) is 4.90 Å². The summed E-state index contributed by atoms with van der Waals surface area (Å²) in [6.45, 7) is 8.18. The topological polar surface area (TPSA) is 73.7 Å². The standard InChI is InChI=1S/C15H19N3O3/c1-9-5-6-10-11(16-9)15(7-17(8-15)13(20)21)12(19)18(10)14(2,3)4/h5-6H,7-8H2,1-4H3,(H,20,21). The molecule has 3 rings (SSSR count). The first-order chi connectivity index (χ1) is 9.67. The molecule has 1 spiro atoms. The number of aryl methyl sites for hydroxylation is 1. The van der Waals surface area contributed by atoms with Crippen LogP contribution >= 0.6 is 0 Å². The number of nitrogens with zero attached hydrogens (tertiary/aromatic N) is 3. The van der Waals surface area contributed by atoms with Crippen LogP contribution in [-0.2, 0) is 10.2 Å². The highest BCUT2D eigenvalue weighted by molar-refractivity contribution is 6.10. The van der Waals surface area contributed by atoms with E-state index in [0.717, 1.165) is 17.1 Å². The van der Waals surface area contributed by atoms with E-state index in [0.29, 0.717) is 0 Å². The Morgan fingerprint density at radius 1 is 1.33 bits per heavy atom. The van der Waals surface area contributed by atoms with Gasteiger partial charge in [0.1, 0.15) is 5.41 Å². The van der Waals surface area contributed by atoms with Crippen molar-refractivity contribution < 1.29 is 14.7 Å². The van der Waals surface area contributed by atoms with Gasteiger partial charge in [0.15, 0.2) is 0 Å². The summed E-state index contributed by atoms with van der Waals surface area (Å²) in [5.41, 5.74) is 1.21. The van der Waals surface area contributed by atoms with E-state index in [9.17, 15) is 9.59 Å². The lowest BCUT2D eigenvalue weighted by atomic mass is 9.77. The molecule has 0 unspecified atom stereocenters. The van der Waals surface area contributed by atoms with Crippen molar-refractivity contribution in [3.63, 3.8) is 0 Å². The van der Waals surface area contributed by atoms with Crippen LogP contribution in [0.15, 0.2) is 12.1 Å². The molecule has 0 bridgehead atoms. The van der Waals surface area contributed by atoms with Gasteiger partial charge in [-0.1, -0.05) is 0 Å². The predicted molar refractivity (Wildman–Crippen MR) is 77.5 cm³/mol. The molecule has 2 aliphatic rings. The lowest BCUT2D eigenvalue weighted by Gasteiger charge is -2.45. The zero-order valence-electron chi connectivity index (χ0n) is 12.7. The number of anilines is 1. The predicted octanol–water partition coefficient (Wildman–Crippen LogP) is 1.77. The molecule has 1 aromatic heterocycles. The summed E-state index contributed by atoms with van der Waals surface area (Å²) in [5.74, 6) is -0.0411. The fraction of sp³-hybridized carbons (Fsp3) is 0.533. The van der Waals surface area contributed by atoms with Crippen LogP contribution in [0, 0.1) is 6.92 Å². The molecule has 2 amide bonds. The van der Waals surface area contributed by atoms with E-state index in [1.807, 2.05) is 39.8 Å². The number of pyridine rings is 1. The highest BCUT2D eigenvalue weighted by Gasteiger charge is 2.62. The minimum atomic E-state index is -0.989. The first-order valence-corrected chi connectivity index (χ1v) is 6.97. The van der Waals surface area contributed by atoms with Crippen LogP contribution in [0.3, 0.4) is 0 Å². The Hall–Kier alpha value is -2.11. The molecule has 112 valence electrons. The highest BCUT2D eigenvalue weighted by atomic mass is 16.4. The smallest absolute Gasteiger partial charge is 0.407 e. The number of amides is 2. The van der Waals surface area contributed by atoms with Crippen molar-refractivity contribution in [2.45, 2.75) is 38.6 Å². The summed E-state index contributed by atoms with van der Waals surface area (Å²) in [4.78, 5) is 31.6. The van der Waals surface area contributed by atoms with Gasteiger partial charge in [-0.15, -0.1) is 0 Å². The Balaban J connectivity index is 2.11. The Morgan fingerprint density at radius 3 is 2.48 bits per heavy atom. The van der Waals surface area contributed by atoms with Gasteiger partial charge in [-0.25, -0.2) is 4.79 Å². The van der Waals surface area contributed by atoms with Gasteiger partial charge in [0.25, 0.3) is 0 Å². The first-order valence-electron chi connectivity index (χ1n) is 6.97. The largest absolute Gasteiger partial charge is 0.465 e. The number of aromatic nitrogens is 1. The second-order valence-corrected chi connectivity index (χ2v) is 6.85. The molecule has 3 heterocycles. The van der Waals surface area contributed by atoms with Gasteiger partial charge in [-0.3, -0.25) is 9.78 Å². The molecule has 6 nitrogen and oxygen atoms in total. The fourth-order valence-corrected chi connectivity index (χ4v) is 3.20. The van der Waals surface area contributed by atoms with Crippen LogP contribution in [0.5, 0.6) is 0 Å². The summed E-state index contributed by atoms with van der Waals surface area (Å²) < 4.78 is 0. The number of likely N-dealkylation sites (tertiary alicyclic amines) is 1. The molecule has 0 atom stereocenters. The van der Waals surface area contributed by atoms with Crippen LogP contribution in [0.1, 0.15) is 32.2 Å². The minimum Gasteiger partial charge on any atom is -0.465 e. The van der Waals surface area contributed by atoms with Crippen LogP contribution in [0.4, 0.5) is 10.5 Å². The lowest BCUT2D eigenvalue weighted by Crippen LogP contribution is -2.66. The second-order valence-electron chi connectivity index (χ2n) is 6.85. The summed E-state index contributed by atoms with van der Waals surface area (Å²) >= 11 is 0. The third kappa shape index (κ3) is 1.74. The molecule has 2 aliphatic heterocycles. The average Bonchev–Trinajstić information content (AvgIpc) is 2.54. The summed E-state index contributed by atoms with van der Waals surface area (Å²) in [6, 6.07) is 3.80. The van der Waals surface area contributed by atoms with Crippen molar-refractivity contribution in [1.29, 1.82) is 0 Å². The number of rotatable bonds is 0. The van der Waals surface area contributed by atoms with Crippen LogP contribution in [0.2, 0.25) is 0 Å². The summed E-state index contributed by atoms with van der Waals surface area (Å²) in [7, 11) is 0. The van der Waals surface area contributed by atoms with E-state index >= 15 is 0 Å². The van der Waals surface area contributed by atoms with Gasteiger partial charge in [0.05, 0.1) is 11.4 Å². The maximum absolute atomic E-state index is 13.0. The SMILES string of the molecule is Cc1ccc2c(n1)C1(CN(C(=O)O)C1)C(=O)N2C(C)(C)C.